The number of carbonyl (C=O) groups excluding carboxylic acids is 1. The maximum Gasteiger partial charge on any atom is 0.277 e. The molecule has 1 amide bonds. The fourth-order valence-electron chi connectivity index (χ4n) is 1.82. The molecular weight excluding hydrogens is 296 g/mol. The summed E-state index contributed by atoms with van der Waals surface area (Å²) in [5, 5.41) is 22.5. The first-order valence-corrected chi connectivity index (χ1v) is 7.14. The van der Waals surface area contributed by atoms with Gasteiger partial charge in [0, 0.05) is 11.6 Å². The zero-order valence-electron chi connectivity index (χ0n) is 12.7. The fourth-order valence-corrected chi connectivity index (χ4v) is 1.82. The number of nitrogens with one attached hydrogen (secondary N) is 1. The molecule has 0 aliphatic carbocycles. The van der Waals surface area contributed by atoms with Gasteiger partial charge in [0.25, 0.3) is 5.91 Å². The van der Waals surface area contributed by atoms with Gasteiger partial charge < -0.3 is 14.9 Å². The van der Waals surface area contributed by atoms with Crippen LogP contribution in [0.2, 0.25) is 0 Å². The number of aryl methyl sites for hydroxylation is 1. The molecule has 0 aromatic heterocycles. The predicted octanol–water partition coefficient (Wildman–Crippen LogP) is 2.19. The molecule has 0 bridgehead atoms. The fraction of sp³-hybridized carbons (Fsp3) is 0.176. The summed E-state index contributed by atoms with van der Waals surface area (Å²) in [7, 11) is 0. The third-order valence-electron chi connectivity index (χ3n) is 3.11. The quantitative estimate of drug-likeness (QED) is 0.563. The van der Waals surface area contributed by atoms with Crippen LogP contribution in [-0.4, -0.2) is 28.9 Å². The second-order valence-electron chi connectivity index (χ2n) is 4.82. The molecule has 120 valence electrons. The average molecular weight is 314 g/mol. The van der Waals surface area contributed by atoms with E-state index in [1.807, 2.05) is 24.3 Å². The van der Waals surface area contributed by atoms with Crippen molar-refractivity contribution < 1.29 is 19.7 Å². The highest BCUT2D eigenvalue weighted by atomic mass is 16.5. The second kappa shape index (κ2) is 7.84. The summed E-state index contributed by atoms with van der Waals surface area (Å²) in [5.74, 6) is 0.0121. The minimum Gasteiger partial charge on any atom is -0.508 e. The number of rotatable bonds is 6. The van der Waals surface area contributed by atoms with Gasteiger partial charge in [-0.15, -0.1) is 0 Å². The lowest BCUT2D eigenvalue weighted by Gasteiger charge is -2.05. The van der Waals surface area contributed by atoms with Crippen LogP contribution >= 0.6 is 0 Å². The Balaban J connectivity index is 1.81. The van der Waals surface area contributed by atoms with Gasteiger partial charge in [-0.1, -0.05) is 19.1 Å². The molecule has 2 rings (SSSR count). The highest BCUT2D eigenvalue weighted by Gasteiger charge is 2.02. The van der Waals surface area contributed by atoms with Gasteiger partial charge in [-0.2, -0.15) is 5.10 Å². The Labute approximate surface area is 134 Å². The van der Waals surface area contributed by atoms with Crippen LogP contribution in [0.3, 0.4) is 0 Å². The van der Waals surface area contributed by atoms with Crippen LogP contribution in [0.25, 0.3) is 0 Å². The van der Waals surface area contributed by atoms with Crippen molar-refractivity contribution in [3.63, 3.8) is 0 Å². The summed E-state index contributed by atoms with van der Waals surface area (Å²) >= 11 is 0. The van der Waals surface area contributed by atoms with Gasteiger partial charge in [-0.25, -0.2) is 5.43 Å². The monoisotopic (exact) mass is 314 g/mol. The third kappa shape index (κ3) is 5.03. The number of aromatic hydroxyl groups is 2. The van der Waals surface area contributed by atoms with E-state index in [1.165, 1.54) is 30.0 Å². The minimum atomic E-state index is -0.418. The van der Waals surface area contributed by atoms with Gasteiger partial charge in [0.05, 0.1) is 6.21 Å². The number of phenols is 2. The van der Waals surface area contributed by atoms with Crippen molar-refractivity contribution in [3.05, 3.63) is 53.6 Å². The lowest BCUT2D eigenvalue weighted by atomic mass is 10.2. The zero-order valence-corrected chi connectivity index (χ0v) is 12.7. The Hall–Kier alpha value is -3.02. The molecule has 0 aliphatic rings. The number of hydrazone groups is 1. The van der Waals surface area contributed by atoms with Gasteiger partial charge in [0.2, 0.25) is 0 Å². The number of ether oxygens (including phenoxy) is 1. The maximum absolute atomic E-state index is 11.6. The van der Waals surface area contributed by atoms with E-state index in [-0.39, 0.29) is 18.1 Å². The molecule has 2 aromatic carbocycles. The molecule has 6 nitrogen and oxygen atoms in total. The molecule has 0 unspecified atom stereocenters. The molecular formula is C17H18N2O4. The molecule has 6 heteroatoms. The standard InChI is InChI=1S/C17H18N2O4/c1-2-12-3-7-15(8-4-12)23-11-17(22)19-18-10-13-5-6-14(20)9-16(13)21/h3-10,20-21H,2,11H2,1H3,(H,19,22)/b18-10+. The van der Waals surface area contributed by atoms with Gasteiger partial charge in [0.1, 0.15) is 17.2 Å². The Morgan fingerprint density at radius 2 is 1.96 bits per heavy atom. The first kappa shape index (κ1) is 16.4. The van der Waals surface area contributed by atoms with E-state index in [4.69, 9.17) is 4.74 Å². The van der Waals surface area contributed by atoms with Crippen molar-refractivity contribution in [2.75, 3.05) is 6.61 Å². The molecule has 0 atom stereocenters. The predicted molar refractivity (Wildman–Crippen MR) is 86.8 cm³/mol. The summed E-state index contributed by atoms with van der Waals surface area (Å²) in [5.41, 5.74) is 3.87. The third-order valence-corrected chi connectivity index (χ3v) is 3.11. The Kier molecular flexibility index (Phi) is 5.57. The SMILES string of the molecule is CCc1ccc(OCC(=O)N/N=C/c2ccc(O)cc2O)cc1. The van der Waals surface area contributed by atoms with Crippen LogP contribution in [0.1, 0.15) is 18.1 Å². The molecule has 0 fully saturated rings. The normalized spacial score (nSPS) is 10.7. The van der Waals surface area contributed by atoms with Crippen LogP contribution in [0.4, 0.5) is 0 Å². The number of benzene rings is 2. The highest BCUT2D eigenvalue weighted by Crippen LogP contribution is 2.20. The molecule has 0 saturated carbocycles. The molecule has 23 heavy (non-hydrogen) atoms. The number of amides is 1. The van der Waals surface area contributed by atoms with E-state index in [1.54, 1.807) is 0 Å². The Morgan fingerprint density at radius 3 is 2.61 bits per heavy atom. The summed E-state index contributed by atoms with van der Waals surface area (Å²) in [6.07, 6.45) is 2.22. The van der Waals surface area contributed by atoms with E-state index in [9.17, 15) is 15.0 Å². The molecule has 2 aromatic rings. The summed E-state index contributed by atoms with van der Waals surface area (Å²) < 4.78 is 5.34. The molecule has 0 spiro atoms. The number of phenolic OH excluding ortho intramolecular Hbond substituents is 2. The van der Waals surface area contributed by atoms with Crippen LogP contribution in [0.5, 0.6) is 17.2 Å². The molecule has 3 N–H and O–H groups in total. The molecule has 0 heterocycles. The molecule has 0 aliphatic heterocycles. The number of hydrogen-bond acceptors (Lipinski definition) is 5. The van der Waals surface area contributed by atoms with E-state index in [2.05, 4.69) is 17.5 Å². The van der Waals surface area contributed by atoms with E-state index < -0.39 is 5.91 Å². The lowest BCUT2D eigenvalue weighted by Crippen LogP contribution is -2.24. The van der Waals surface area contributed by atoms with Crippen LogP contribution in [0, 0.1) is 0 Å². The van der Waals surface area contributed by atoms with Gasteiger partial charge >= 0.3 is 0 Å². The zero-order chi connectivity index (χ0) is 16.7. The summed E-state index contributed by atoms with van der Waals surface area (Å²) in [4.78, 5) is 11.6. The van der Waals surface area contributed by atoms with Crippen LogP contribution in [0.15, 0.2) is 47.6 Å². The van der Waals surface area contributed by atoms with Crippen molar-refractivity contribution in [2.45, 2.75) is 13.3 Å². The second-order valence-corrected chi connectivity index (χ2v) is 4.82. The lowest BCUT2D eigenvalue weighted by molar-refractivity contribution is -0.123. The van der Waals surface area contributed by atoms with E-state index in [0.717, 1.165) is 6.42 Å². The number of nitrogens with zero attached hydrogens (tertiary/aromatic N) is 1. The van der Waals surface area contributed by atoms with Crippen LogP contribution in [-0.2, 0) is 11.2 Å². The first-order chi connectivity index (χ1) is 11.1. The molecule has 0 radical (unpaired) electrons. The maximum atomic E-state index is 11.6. The smallest absolute Gasteiger partial charge is 0.277 e. The van der Waals surface area contributed by atoms with Crippen molar-refractivity contribution in [3.8, 4) is 17.2 Å². The van der Waals surface area contributed by atoms with Crippen molar-refractivity contribution in [2.24, 2.45) is 5.10 Å². The largest absolute Gasteiger partial charge is 0.508 e. The topological polar surface area (TPSA) is 91.2 Å². The number of hydrogen-bond donors (Lipinski definition) is 3. The van der Waals surface area contributed by atoms with Gasteiger partial charge in [-0.3, -0.25) is 4.79 Å². The summed E-state index contributed by atoms with van der Waals surface area (Å²) in [6, 6.07) is 11.6. The Bertz CT molecular complexity index is 696. The Morgan fingerprint density at radius 1 is 1.22 bits per heavy atom. The minimum absolute atomic E-state index is 0.0498. The number of carbonyl (C=O) groups is 1. The van der Waals surface area contributed by atoms with Crippen molar-refractivity contribution in [1.29, 1.82) is 0 Å². The highest BCUT2D eigenvalue weighted by molar-refractivity contribution is 5.85. The van der Waals surface area contributed by atoms with Crippen molar-refractivity contribution >= 4 is 12.1 Å². The van der Waals surface area contributed by atoms with Gasteiger partial charge in [0.15, 0.2) is 6.61 Å². The average Bonchev–Trinajstić information content (AvgIpc) is 2.55. The van der Waals surface area contributed by atoms with Crippen LogP contribution < -0.4 is 10.2 Å². The van der Waals surface area contributed by atoms with Gasteiger partial charge in [-0.05, 0) is 36.2 Å². The molecule has 0 saturated heterocycles. The summed E-state index contributed by atoms with van der Waals surface area (Å²) in [6.45, 7) is 1.90. The van der Waals surface area contributed by atoms with E-state index in [0.29, 0.717) is 11.3 Å². The van der Waals surface area contributed by atoms with E-state index >= 15 is 0 Å². The first-order valence-electron chi connectivity index (χ1n) is 7.14. The van der Waals surface area contributed by atoms with Crippen molar-refractivity contribution in [1.82, 2.24) is 5.43 Å².